The van der Waals surface area contributed by atoms with Gasteiger partial charge in [-0.1, -0.05) is 6.07 Å². The van der Waals surface area contributed by atoms with Crippen molar-refractivity contribution in [3.8, 4) is 5.75 Å². The average Bonchev–Trinajstić information content (AvgIpc) is 2.39. The molecule has 0 saturated heterocycles. The SMILES string of the molecule is CCOc1cc(N)cc(NC(C)c2cccnc2)c1. The molecule has 1 atom stereocenters. The third kappa shape index (κ3) is 3.61. The lowest BCUT2D eigenvalue weighted by molar-refractivity contribution is 0.340. The lowest BCUT2D eigenvalue weighted by atomic mass is 10.1. The van der Waals surface area contributed by atoms with Gasteiger partial charge in [0.1, 0.15) is 5.75 Å². The number of aromatic nitrogens is 1. The van der Waals surface area contributed by atoms with Crippen LogP contribution in [0.15, 0.2) is 42.7 Å². The molecule has 2 aromatic rings. The molecule has 0 saturated carbocycles. The topological polar surface area (TPSA) is 60.2 Å². The van der Waals surface area contributed by atoms with Gasteiger partial charge >= 0.3 is 0 Å². The van der Waals surface area contributed by atoms with E-state index in [1.165, 1.54) is 0 Å². The highest BCUT2D eigenvalue weighted by Gasteiger charge is 2.06. The first-order valence-electron chi connectivity index (χ1n) is 6.39. The number of benzene rings is 1. The maximum Gasteiger partial charge on any atom is 0.123 e. The van der Waals surface area contributed by atoms with E-state index in [-0.39, 0.29) is 6.04 Å². The normalized spacial score (nSPS) is 11.9. The lowest BCUT2D eigenvalue weighted by Gasteiger charge is -2.16. The molecule has 0 fully saturated rings. The monoisotopic (exact) mass is 257 g/mol. The molecule has 100 valence electrons. The van der Waals surface area contributed by atoms with E-state index in [0.29, 0.717) is 12.3 Å². The van der Waals surface area contributed by atoms with E-state index in [2.05, 4.69) is 17.2 Å². The summed E-state index contributed by atoms with van der Waals surface area (Å²) in [6.45, 7) is 4.66. The summed E-state index contributed by atoms with van der Waals surface area (Å²) in [6, 6.07) is 9.80. The van der Waals surface area contributed by atoms with E-state index in [9.17, 15) is 0 Å². The molecule has 0 amide bonds. The fraction of sp³-hybridized carbons (Fsp3) is 0.267. The van der Waals surface area contributed by atoms with Crippen molar-refractivity contribution in [1.82, 2.24) is 4.98 Å². The van der Waals surface area contributed by atoms with Crippen LogP contribution in [0.5, 0.6) is 5.75 Å². The molecule has 4 heteroatoms. The number of nitrogens with one attached hydrogen (secondary N) is 1. The van der Waals surface area contributed by atoms with E-state index < -0.39 is 0 Å². The highest BCUT2D eigenvalue weighted by atomic mass is 16.5. The Bertz CT molecular complexity index is 528. The van der Waals surface area contributed by atoms with E-state index in [1.54, 1.807) is 6.20 Å². The van der Waals surface area contributed by atoms with Crippen LogP contribution < -0.4 is 15.8 Å². The number of pyridine rings is 1. The predicted molar refractivity (Wildman–Crippen MR) is 78.3 cm³/mol. The van der Waals surface area contributed by atoms with Crippen LogP contribution >= 0.6 is 0 Å². The molecule has 0 bridgehead atoms. The summed E-state index contributed by atoms with van der Waals surface area (Å²) in [5, 5.41) is 3.40. The van der Waals surface area contributed by atoms with Crippen molar-refractivity contribution in [2.45, 2.75) is 19.9 Å². The summed E-state index contributed by atoms with van der Waals surface area (Å²) < 4.78 is 5.48. The second kappa shape index (κ2) is 6.09. The molecule has 1 aromatic carbocycles. The fourth-order valence-electron chi connectivity index (χ4n) is 1.92. The largest absolute Gasteiger partial charge is 0.494 e. The fourth-order valence-corrected chi connectivity index (χ4v) is 1.92. The van der Waals surface area contributed by atoms with Gasteiger partial charge in [-0.05, 0) is 31.5 Å². The minimum Gasteiger partial charge on any atom is -0.494 e. The van der Waals surface area contributed by atoms with E-state index in [0.717, 1.165) is 17.0 Å². The van der Waals surface area contributed by atoms with Gasteiger partial charge in [0.15, 0.2) is 0 Å². The molecule has 0 aliphatic carbocycles. The first-order chi connectivity index (χ1) is 9.19. The summed E-state index contributed by atoms with van der Waals surface area (Å²) >= 11 is 0. The van der Waals surface area contributed by atoms with E-state index in [1.807, 2.05) is 43.5 Å². The Morgan fingerprint density at radius 3 is 2.89 bits per heavy atom. The van der Waals surface area contributed by atoms with Crippen molar-refractivity contribution in [3.63, 3.8) is 0 Å². The molecule has 3 N–H and O–H groups in total. The quantitative estimate of drug-likeness (QED) is 0.807. The minimum absolute atomic E-state index is 0.157. The van der Waals surface area contributed by atoms with Crippen LogP contribution in [0.2, 0.25) is 0 Å². The second-order valence-corrected chi connectivity index (χ2v) is 4.38. The summed E-state index contributed by atoms with van der Waals surface area (Å²) in [5.41, 5.74) is 8.63. The minimum atomic E-state index is 0.157. The van der Waals surface area contributed by atoms with Gasteiger partial charge in [-0.25, -0.2) is 0 Å². The van der Waals surface area contributed by atoms with Crippen molar-refractivity contribution in [2.75, 3.05) is 17.7 Å². The molecule has 0 radical (unpaired) electrons. The molecule has 1 aromatic heterocycles. The Morgan fingerprint density at radius 1 is 1.37 bits per heavy atom. The van der Waals surface area contributed by atoms with Gasteiger partial charge in [-0.15, -0.1) is 0 Å². The van der Waals surface area contributed by atoms with Gasteiger partial charge in [-0.2, -0.15) is 0 Å². The average molecular weight is 257 g/mol. The molecule has 4 nitrogen and oxygen atoms in total. The molecular formula is C15H19N3O. The second-order valence-electron chi connectivity index (χ2n) is 4.38. The van der Waals surface area contributed by atoms with Crippen molar-refractivity contribution in [1.29, 1.82) is 0 Å². The number of rotatable bonds is 5. The Balaban J connectivity index is 2.14. The van der Waals surface area contributed by atoms with Crippen LogP contribution in [-0.4, -0.2) is 11.6 Å². The molecule has 2 rings (SSSR count). The van der Waals surface area contributed by atoms with Gasteiger partial charge in [0, 0.05) is 35.9 Å². The molecule has 0 aliphatic heterocycles. The first-order valence-corrected chi connectivity index (χ1v) is 6.39. The van der Waals surface area contributed by atoms with E-state index >= 15 is 0 Å². The summed E-state index contributed by atoms with van der Waals surface area (Å²) in [5.74, 6) is 0.781. The number of anilines is 2. The van der Waals surface area contributed by atoms with Crippen LogP contribution in [0.25, 0.3) is 0 Å². The third-order valence-corrected chi connectivity index (χ3v) is 2.81. The number of nitrogens with zero attached hydrogens (tertiary/aromatic N) is 1. The maximum atomic E-state index is 5.87. The third-order valence-electron chi connectivity index (χ3n) is 2.81. The highest BCUT2D eigenvalue weighted by molar-refractivity contribution is 5.59. The van der Waals surface area contributed by atoms with Crippen LogP contribution in [0.1, 0.15) is 25.5 Å². The molecule has 0 spiro atoms. The Morgan fingerprint density at radius 2 is 2.21 bits per heavy atom. The molecular weight excluding hydrogens is 238 g/mol. The van der Waals surface area contributed by atoms with Crippen LogP contribution in [0, 0.1) is 0 Å². The number of ether oxygens (including phenoxy) is 1. The Labute approximate surface area is 113 Å². The predicted octanol–water partition coefficient (Wildman–Crippen LogP) is 3.24. The number of hydrogen-bond donors (Lipinski definition) is 2. The van der Waals surface area contributed by atoms with E-state index in [4.69, 9.17) is 10.5 Å². The van der Waals surface area contributed by atoms with Crippen molar-refractivity contribution in [3.05, 3.63) is 48.3 Å². The smallest absolute Gasteiger partial charge is 0.123 e. The first kappa shape index (κ1) is 13.2. The Hall–Kier alpha value is -2.23. The van der Waals surface area contributed by atoms with Gasteiger partial charge in [-0.3, -0.25) is 4.98 Å². The van der Waals surface area contributed by atoms with Crippen molar-refractivity contribution < 1.29 is 4.74 Å². The lowest BCUT2D eigenvalue weighted by Crippen LogP contribution is -2.07. The molecule has 1 unspecified atom stereocenters. The number of nitrogen functional groups attached to an aromatic ring is 1. The maximum absolute atomic E-state index is 5.87. The molecule has 19 heavy (non-hydrogen) atoms. The van der Waals surface area contributed by atoms with Gasteiger partial charge in [0.2, 0.25) is 0 Å². The number of hydrogen-bond acceptors (Lipinski definition) is 4. The highest BCUT2D eigenvalue weighted by Crippen LogP contribution is 2.25. The van der Waals surface area contributed by atoms with Gasteiger partial charge in [0.25, 0.3) is 0 Å². The van der Waals surface area contributed by atoms with Gasteiger partial charge < -0.3 is 15.8 Å². The zero-order chi connectivity index (χ0) is 13.7. The van der Waals surface area contributed by atoms with Crippen molar-refractivity contribution in [2.24, 2.45) is 0 Å². The van der Waals surface area contributed by atoms with Crippen LogP contribution in [0.3, 0.4) is 0 Å². The van der Waals surface area contributed by atoms with Gasteiger partial charge in [0.05, 0.1) is 12.6 Å². The van der Waals surface area contributed by atoms with Crippen LogP contribution in [-0.2, 0) is 0 Å². The zero-order valence-corrected chi connectivity index (χ0v) is 11.3. The zero-order valence-electron chi connectivity index (χ0n) is 11.3. The van der Waals surface area contributed by atoms with Crippen molar-refractivity contribution >= 4 is 11.4 Å². The summed E-state index contributed by atoms with van der Waals surface area (Å²) in [4.78, 5) is 4.12. The Kier molecular flexibility index (Phi) is 4.23. The standard InChI is InChI=1S/C15H19N3O/c1-3-19-15-8-13(16)7-14(9-15)18-11(2)12-5-4-6-17-10-12/h4-11,18H,3,16H2,1-2H3. The summed E-state index contributed by atoms with van der Waals surface area (Å²) in [6.07, 6.45) is 3.62. The molecule has 1 heterocycles. The number of nitrogens with two attached hydrogens (primary N) is 1. The summed E-state index contributed by atoms with van der Waals surface area (Å²) in [7, 11) is 0. The molecule has 0 aliphatic rings. The van der Waals surface area contributed by atoms with Crippen LogP contribution in [0.4, 0.5) is 11.4 Å².